The minimum Gasteiger partial charge on any atom is -0.465 e. The van der Waals surface area contributed by atoms with Gasteiger partial charge in [-0.05, 0) is 116 Å². The van der Waals surface area contributed by atoms with Crippen LogP contribution in [0.2, 0.25) is 0 Å². The van der Waals surface area contributed by atoms with Crippen LogP contribution in [0.15, 0.2) is 17.3 Å². The molecule has 4 rings (SSSR count). The van der Waals surface area contributed by atoms with Crippen LogP contribution in [0.1, 0.15) is 122 Å². The first-order chi connectivity index (χ1) is 23.3. The van der Waals surface area contributed by atoms with Gasteiger partial charge >= 0.3 is 24.1 Å². The van der Waals surface area contributed by atoms with Crippen molar-refractivity contribution in [2.24, 2.45) is 11.8 Å². The summed E-state index contributed by atoms with van der Waals surface area (Å²) in [6.45, 7) is 24.4. The van der Waals surface area contributed by atoms with Gasteiger partial charge in [0.05, 0.1) is 25.3 Å². The predicted molar refractivity (Wildman–Crippen MR) is 199 cm³/mol. The van der Waals surface area contributed by atoms with Crippen LogP contribution in [0.4, 0.5) is 9.59 Å². The summed E-state index contributed by atoms with van der Waals surface area (Å²) in [5.74, 6) is 0.590. The molecular formula is C38H56N2O8S2. The van der Waals surface area contributed by atoms with Crippen LogP contribution >= 0.6 is 22.7 Å². The zero-order valence-corrected chi connectivity index (χ0v) is 33.4. The Labute approximate surface area is 306 Å². The molecule has 0 aliphatic carbocycles. The van der Waals surface area contributed by atoms with Crippen molar-refractivity contribution in [2.45, 2.75) is 105 Å². The molecule has 0 radical (unpaired) electrons. The molecule has 0 aromatic carbocycles. The molecule has 278 valence electrons. The Bertz CT molecular complexity index is 1510. The molecule has 2 aromatic rings. The number of esters is 2. The molecule has 0 unspecified atom stereocenters. The van der Waals surface area contributed by atoms with Crippen molar-refractivity contribution in [3.63, 3.8) is 0 Å². The van der Waals surface area contributed by atoms with Gasteiger partial charge in [-0.1, -0.05) is 13.5 Å². The lowest BCUT2D eigenvalue weighted by atomic mass is 9.83. The molecule has 2 aliphatic heterocycles. The van der Waals surface area contributed by atoms with E-state index in [4.69, 9.17) is 18.9 Å². The molecule has 2 aliphatic rings. The van der Waals surface area contributed by atoms with E-state index in [2.05, 4.69) is 13.5 Å². The normalized spacial score (nSPS) is 16.5. The van der Waals surface area contributed by atoms with Crippen LogP contribution in [0.3, 0.4) is 0 Å². The number of nitrogens with zero attached hydrogens (tertiary/aromatic N) is 2. The highest BCUT2D eigenvalue weighted by atomic mass is 32.1. The maximum Gasteiger partial charge on any atom is 0.410 e. The number of rotatable bonds is 6. The molecule has 0 saturated carbocycles. The standard InChI is InChI=1S/C19H29NO4S.C19H27NO4S/c2*1-12(16-13(2)15(11-25-16)17(21)23-6)14-7-9-20(10-8-14)18(22)24-19(3,4)5/h11-12,14H,7-10H2,1-6H3;11,14H,1,7-10H2,2-6H3/t12-;/m1./s1. The quantitative estimate of drug-likeness (QED) is 0.214. The number of thiophene rings is 2. The van der Waals surface area contributed by atoms with Crippen LogP contribution < -0.4 is 0 Å². The van der Waals surface area contributed by atoms with E-state index in [9.17, 15) is 19.2 Å². The predicted octanol–water partition coefficient (Wildman–Crippen LogP) is 9.10. The van der Waals surface area contributed by atoms with Gasteiger partial charge in [0.25, 0.3) is 0 Å². The second-order valence-corrected chi connectivity index (χ2v) is 16.9. The Morgan fingerprint density at radius 3 is 1.60 bits per heavy atom. The third-order valence-corrected chi connectivity index (χ3v) is 11.6. The van der Waals surface area contributed by atoms with Crippen LogP contribution in [0, 0.1) is 25.7 Å². The highest BCUT2D eigenvalue weighted by Crippen LogP contribution is 2.39. The summed E-state index contributed by atoms with van der Waals surface area (Å²) >= 11 is 3.16. The van der Waals surface area contributed by atoms with Gasteiger partial charge in [-0.15, -0.1) is 22.7 Å². The van der Waals surface area contributed by atoms with E-state index in [1.165, 1.54) is 30.4 Å². The molecule has 4 heterocycles. The smallest absolute Gasteiger partial charge is 0.410 e. The van der Waals surface area contributed by atoms with E-state index in [1.807, 2.05) is 66.2 Å². The SMILES string of the molecule is C=C(c1scc(C(=O)OC)c1C)C1CCN(C(=O)OC(C)(C)C)CC1.COC(=O)c1csc([C@H](C)C2CCN(C(=O)OC(C)(C)C)CC2)c1C. The number of amides is 2. The van der Waals surface area contributed by atoms with Crippen molar-refractivity contribution >= 4 is 52.4 Å². The van der Waals surface area contributed by atoms with Gasteiger partial charge in [0.15, 0.2) is 0 Å². The number of likely N-dealkylation sites (tertiary alicyclic amines) is 2. The van der Waals surface area contributed by atoms with E-state index in [1.54, 1.807) is 21.1 Å². The average molecular weight is 733 g/mol. The number of hydrogen-bond donors (Lipinski definition) is 0. The van der Waals surface area contributed by atoms with Crippen LogP contribution in [-0.2, 0) is 18.9 Å². The second kappa shape index (κ2) is 17.2. The maximum atomic E-state index is 12.2. The number of carbonyl (C=O) groups is 4. The molecule has 2 saturated heterocycles. The van der Waals surface area contributed by atoms with Crippen LogP contribution in [0.5, 0.6) is 0 Å². The van der Waals surface area contributed by atoms with E-state index in [0.29, 0.717) is 42.0 Å². The Balaban J connectivity index is 0.000000270. The monoisotopic (exact) mass is 732 g/mol. The maximum absolute atomic E-state index is 12.2. The lowest BCUT2D eigenvalue weighted by Crippen LogP contribution is -2.42. The first kappa shape index (κ1) is 41.0. The molecule has 0 bridgehead atoms. The van der Waals surface area contributed by atoms with Gasteiger partial charge in [-0.3, -0.25) is 0 Å². The number of allylic oxidation sites excluding steroid dienone is 1. The van der Waals surface area contributed by atoms with Crippen molar-refractivity contribution < 1.29 is 38.1 Å². The van der Waals surface area contributed by atoms with E-state index >= 15 is 0 Å². The van der Waals surface area contributed by atoms with Crippen molar-refractivity contribution in [2.75, 3.05) is 40.4 Å². The second-order valence-electron chi connectivity index (χ2n) is 15.1. The largest absolute Gasteiger partial charge is 0.465 e. The Kier molecular flexibility index (Phi) is 14.1. The van der Waals surface area contributed by atoms with Gasteiger partial charge in [-0.2, -0.15) is 0 Å². The first-order valence-electron chi connectivity index (χ1n) is 17.3. The summed E-state index contributed by atoms with van der Waals surface area (Å²) in [6, 6.07) is 0. The minimum absolute atomic E-state index is 0.223. The molecule has 12 heteroatoms. The zero-order valence-electron chi connectivity index (χ0n) is 31.7. The molecule has 1 atom stereocenters. The van der Waals surface area contributed by atoms with Crippen LogP contribution in [-0.4, -0.2) is 85.5 Å². The summed E-state index contributed by atoms with van der Waals surface area (Å²) in [5, 5.41) is 3.72. The molecule has 2 aromatic heterocycles. The lowest BCUT2D eigenvalue weighted by Gasteiger charge is -2.35. The van der Waals surface area contributed by atoms with E-state index in [-0.39, 0.29) is 24.1 Å². The number of ether oxygens (including phenoxy) is 4. The average Bonchev–Trinajstić information content (AvgIpc) is 3.64. The van der Waals surface area contributed by atoms with E-state index < -0.39 is 11.2 Å². The molecule has 50 heavy (non-hydrogen) atoms. The summed E-state index contributed by atoms with van der Waals surface area (Å²) in [5.41, 5.74) is 3.34. The first-order valence-corrected chi connectivity index (χ1v) is 19.0. The highest BCUT2D eigenvalue weighted by Gasteiger charge is 2.32. The molecule has 10 nitrogen and oxygen atoms in total. The Hall–Kier alpha value is -3.38. The molecule has 2 amide bonds. The minimum atomic E-state index is -0.476. The third-order valence-electron chi connectivity index (χ3n) is 9.17. The number of carbonyl (C=O) groups excluding carboxylic acids is 4. The lowest BCUT2D eigenvalue weighted by molar-refractivity contribution is 0.0172. The fourth-order valence-corrected chi connectivity index (χ4v) is 8.61. The van der Waals surface area contributed by atoms with Gasteiger partial charge in [0, 0.05) is 46.7 Å². The van der Waals surface area contributed by atoms with Gasteiger partial charge in [-0.25, -0.2) is 19.2 Å². The van der Waals surface area contributed by atoms with Gasteiger partial charge in [0.2, 0.25) is 0 Å². The fourth-order valence-electron chi connectivity index (χ4n) is 6.28. The highest BCUT2D eigenvalue weighted by molar-refractivity contribution is 7.11. The summed E-state index contributed by atoms with van der Waals surface area (Å²) in [4.78, 5) is 53.8. The molecule has 2 fully saturated rings. The zero-order chi connectivity index (χ0) is 37.6. The van der Waals surface area contributed by atoms with E-state index in [0.717, 1.165) is 60.3 Å². The molecule has 0 N–H and O–H groups in total. The topological polar surface area (TPSA) is 112 Å². The summed E-state index contributed by atoms with van der Waals surface area (Å²) in [6.07, 6.45) is 3.12. The van der Waals surface area contributed by atoms with Crippen molar-refractivity contribution in [1.82, 2.24) is 9.80 Å². The van der Waals surface area contributed by atoms with Gasteiger partial charge < -0.3 is 28.7 Å². The molecule has 0 spiro atoms. The number of methoxy groups -OCH3 is 2. The fraction of sp³-hybridized carbons (Fsp3) is 0.632. The van der Waals surface area contributed by atoms with Crippen molar-refractivity contribution in [1.29, 1.82) is 0 Å². The Morgan fingerprint density at radius 2 is 1.16 bits per heavy atom. The Morgan fingerprint density at radius 1 is 0.740 bits per heavy atom. The van der Waals surface area contributed by atoms with Crippen LogP contribution in [0.25, 0.3) is 5.57 Å². The third kappa shape index (κ3) is 10.8. The summed E-state index contributed by atoms with van der Waals surface area (Å²) < 4.78 is 20.6. The van der Waals surface area contributed by atoms with Crippen molar-refractivity contribution in [3.05, 3.63) is 49.3 Å². The number of piperidine rings is 2. The van der Waals surface area contributed by atoms with Crippen molar-refractivity contribution in [3.8, 4) is 0 Å². The molecular weight excluding hydrogens is 677 g/mol. The summed E-state index contributed by atoms with van der Waals surface area (Å²) in [7, 11) is 2.80. The van der Waals surface area contributed by atoms with Gasteiger partial charge in [0.1, 0.15) is 11.2 Å². The number of hydrogen-bond acceptors (Lipinski definition) is 10.